The molecule has 0 aliphatic rings. The van der Waals surface area contributed by atoms with Gasteiger partial charge >= 0.3 is 0 Å². The van der Waals surface area contributed by atoms with Crippen molar-refractivity contribution >= 4 is 53.5 Å². The summed E-state index contributed by atoms with van der Waals surface area (Å²) in [5.74, 6) is -2.65. The minimum atomic E-state index is -3.81. The summed E-state index contributed by atoms with van der Waals surface area (Å²) in [6, 6.07) is 7.62. The summed E-state index contributed by atoms with van der Waals surface area (Å²) < 4.78 is 53.7. The molecule has 0 radical (unpaired) electrons. The van der Waals surface area contributed by atoms with Gasteiger partial charge in [0.2, 0.25) is 15.9 Å². The molecule has 0 atom stereocenters. The zero-order valence-electron chi connectivity index (χ0n) is 12.5. The van der Waals surface area contributed by atoms with E-state index in [1.807, 2.05) is 0 Å². The van der Waals surface area contributed by atoms with Gasteiger partial charge in [-0.25, -0.2) is 21.9 Å². The van der Waals surface area contributed by atoms with Crippen LogP contribution in [0.15, 0.2) is 50.2 Å². The third-order valence-corrected chi connectivity index (χ3v) is 5.98. The number of halogens is 4. The molecule has 5 nitrogen and oxygen atoms in total. The lowest BCUT2D eigenvalue weighted by Crippen LogP contribution is -2.28. The van der Waals surface area contributed by atoms with Gasteiger partial charge in [0.25, 0.3) is 0 Å². The quantitative estimate of drug-likeness (QED) is 0.637. The number of nitrogens with one attached hydrogen (secondary N) is 2. The van der Waals surface area contributed by atoms with Crippen LogP contribution in [-0.4, -0.2) is 20.9 Å². The third kappa shape index (κ3) is 5.56. The van der Waals surface area contributed by atoms with Crippen LogP contribution < -0.4 is 10.0 Å². The fraction of sp³-hybridized carbons (Fsp3) is 0.133. The minimum Gasteiger partial charge on any atom is -0.326 e. The number of carbonyl (C=O) groups excluding carboxylic acids is 1. The Balaban J connectivity index is 1.94. The molecule has 0 fully saturated rings. The fourth-order valence-electron chi connectivity index (χ4n) is 1.86. The highest BCUT2D eigenvalue weighted by molar-refractivity contribution is 9.11. The molecule has 0 bridgehead atoms. The van der Waals surface area contributed by atoms with Crippen LogP contribution in [0, 0.1) is 11.6 Å². The Morgan fingerprint density at radius 3 is 2.44 bits per heavy atom. The average Bonchev–Trinajstić information content (AvgIpc) is 2.53. The highest BCUT2D eigenvalue weighted by Gasteiger charge is 2.18. The molecule has 0 spiro atoms. The van der Waals surface area contributed by atoms with E-state index in [2.05, 4.69) is 41.9 Å². The maximum Gasteiger partial charge on any atom is 0.241 e. The van der Waals surface area contributed by atoms with Gasteiger partial charge in [0.05, 0.1) is 4.90 Å². The molecule has 134 valence electrons. The van der Waals surface area contributed by atoms with Gasteiger partial charge in [-0.1, -0.05) is 15.9 Å². The number of hydrogen-bond acceptors (Lipinski definition) is 3. The monoisotopic (exact) mass is 496 g/mol. The number of hydrogen-bond donors (Lipinski definition) is 2. The van der Waals surface area contributed by atoms with Crippen molar-refractivity contribution in [3.05, 3.63) is 57.0 Å². The van der Waals surface area contributed by atoms with E-state index >= 15 is 0 Å². The highest BCUT2D eigenvalue weighted by atomic mass is 79.9. The second kappa shape index (κ2) is 8.35. The number of rotatable bonds is 6. The van der Waals surface area contributed by atoms with Gasteiger partial charge in [-0.3, -0.25) is 4.79 Å². The Hall–Kier alpha value is -1.36. The third-order valence-electron chi connectivity index (χ3n) is 3.03. The van der Waals surface area contributed by atoms with Gasteiger partial charge in [0.15, 0.2) is 11.6 Å². The van der Waals surface area contributed by atoms with Crippen molar-refractivity contribution in [2.45, 2.75) is 11.3 Å². The Kier molecular flexibility index (Phi) is 6.66. The number of amides is 1. The standard InChI is InChI=1S/C15H12Br2F2N2O3S/c16-9-1-3-11(17)14(7-9)25(23,24)20-6-5-15(22)21-10-2-4-12(18)13(19)8-10/h1-4,7-8,20H,5-6H2,(H,21,22). The van der Waals surface area contributed by atoms with E-state index in [1.54, 1.807) is 12.1 Å². The van der Waals surface area contributed by atoms with Crippen LogP contribution in [0.1, 0.15) is 6.42 Å². The van der Waals surface area contributed by atoms with Crippen molar-refractivity contribution in [2.75, 3.05) is 11.9 Å². The first-order chi connectivity index (χ1) is 11.7. The molecule has 1 amide bonds. The second-order valence-corrected chi connectivity index (χ2v) is 8.40. The van der Waals surface area contributed by atoms with Crippen molar-refractivity contribution in [1.82, 2.24) is 4.72 Å². The van der Waals surface area contributed by atoms with E-state index in [1.165, 1.54) is 12.1 Å². The molecule has 2 rings (SSSR count). The maximum atomic E-state index is 13.1. The number of carbonyl (C=O) groups is 1. The lowest BCUT2D eigenvalue weighted by molar-refractivity contribution is -0.116. The SMILES string of the molecule is O=C(CCNS(=O)(=O)c1cc(Br)ccc1Br)Nc1ccc(F)c(F)c1. The molecule has 0 aliphatic heterocycles. The van der Waals surface area contributed by atoms with E-state index in [-0.39, 0.29) is 23.5 Å². The number of benzene rings is 2. The lowest BCUT2D eigenvalue weighted by atomic mass is 10.3. The zero-order chi connectivity index (χ0) is 18.6. The zero-order valence-corrected chi connectivity index (χ0v) is 16.5. The summed E-state index contributed by atoms with van der Waals surface area (Å²) in [6.45, 7) is -0.156. The van der Waals surface area contributed by atoms with Gasteiger partial charge in [-0.05, 0) is 46.3 Å². The van der Waals surface area contributed by atoms with Gasteiger partial charge in [0, 0.05) is 33.7 Å². The molecule has 10 heteroatoms. The largest absolute Gasteiger partial charge is 0.326 e. The van der Waals surface area contributed by atoms with Gasteiger partial charge in [-0.2, -0.15) is 0 Å². The summed E-state index contributed by atoms with van der Waals surface area (Å²) in [7, 11) is -3.81. The predicted molar refractivity (Wildman–Crippen MR) is 96.6 cm³/mol. The Labute approximate surface area is 160 Å². The van der Waals surface area contributed by atoms with Crippen LogP contribution >= 0.6 is 31.9 Å². The van der Waals surface area contributed by atoms with Crippen LogP contribution in [0.4, 0.5) is 14.5 Å². The molecule has 0 aromatic heterocycles. The Bertz CT molecular complexity index is 908. The summed E-state index contributed by atoms with van der Waals surface area (Å²) in [4.78, 5) is 11.8. The molecule has 2 aromatic rings. The average molecular weight is 498 g/mol. The smallest absolute Gasteiger partial charge is 0.241 e. The van der Waals surface area contributed by atoms with Crippen molar-refractivity contribution in [3.63, 3.8) is 0 Å². The minimum absolute atomic E-state index is 0.0305. The van der Waals surface area contributed by atoms with Crippen molar-refractivity contribution in [2.24, 2.45) is 0 Å². The summed E-state index contributed by atoms with van der Waals surface area (Å²) >= 11 is 6.35. The van der Waals surface area contributed by atoms with Crippen molar-refractivity contribution < 1.29 is 22.0 Å². The lowest BCUT2D eigenvalue weighted by Gasteiger charge is -2.09. The summed E-state index contributed by atoms with van der Waals surface area (Å²) in [6.07, 6.45) is -0.177. The molecule has 0 heterocycles. The summed E-state index contributed by atoms with van der Waals surface area (Å²) in [5, 5.41) is 2.36. The maximum absolute atomic E-state index is 13.1. The molecular weight excluding hydrogens is 486 g/mol. The molecule has 25 heavy (non-hydrogen) atoms. The first kappa shape index (κ1) is 20.0. The van der Waals surface area contributed by atoms with Gasteiger partial charge < -0.3 is 5.32 Å². The van der Waals surface area contributed by atoms with Crippen LogP contribution in [0.5, 0.6) is 0 Å². The van der Waals surface area contributed by atoms with E-state index in [0.717, 1.165) is 12.1 Å². The normalized spacial score (nSPS) is 11.4. The number of sulfonamides is 1. The Morgan fingerprint density at radius 2 is 1.76 bits per heavy atom. The van der Waals surface area contributed by atoms with Crippen LogP contribution in [0.25, 0.3) is 0 Å². The van der Waals surface area contributed by atoms with Crippen LogP contribution in [0.3, 0.4) is 0 Å². The van der Waals surface area contributed by atoms with Crippen molar-refractivity contribution in [1.29, 1.82) is 0 Å². The molecule has 0 saturated carbocycles. The summed E-state index contributed by atoms with van der Waals surface area (Å²) in [5.41, 5.74) is 0.0847. The first-order valence-electron chi connectivity index (χ1n) is 6.88. The molecule has 0 aliphatic carbocycles. The van der Waals surface area contributed by atoms with E-state index in [4.69, 9.17) is 0 Å². The molecule has 0 unspecified atom stereocenters. The first-order valence-corrected chi connectivity index (χ1v) is 9.95. The molecule has 2 aromatic carbocycles. The topological polar surface area (TPSA) is 75.3 Å². The molecule has 2 N–H and O–H groups in total. The van der Waals surface area contributed by atoms with E-state index < -0.39 is 27.6 Å². The highest BCUT2D eigenvalue weighted by Crippen LogP contribution is 2.25. The molecule has 0 saturated heterocycles. The number of anilines is 1. The molecular formula is C15H12Br2F2N2O3S. The fourth-order valence-corrected chi connectivity index (χ4v) is 4.39. The van der Waals surface area contributed by atoms with Gasteiger partial charge in [-0.15, -0.1) is 0 Å². The van der Waals surface area contributed by atoms with Crippen LogP contribution in [0.2, 0.25) is 0 Å². The Morgan fingerprint density at radius 1 is 1.04 bits per heavy atom. The second-order valence-electron chi connectivity index (χ2n) is 4.90. The van der Waals surface area contributed by atoms with Crippen LogP contribution in [-0.2, 0) is 14.8 Å². The van der Waals surface area contributed by atoms with Crippen molar-refractivity contribution in [3.8, 4) is 0 Å². The van der Waals surface area contributed by atoms with Gasteiger partial charge in [0.1, 0.15) is 0 Å². The van der Waals surface area contributed by atoms with E-state index in [9.17, 15) is 22.0 Å². The van der Waals surface area contributed by atoms with E-state index in [0.29, 0.717) is 8.95 Å². The predicted octanol–water partition coefficient (Wildman–Crippen LogP) is 3.80.